The Bertz CT molecular complexity index is 992. The van der Waals surface area contributed by atoms with Gasteiger partial charge in [0, 0.05) is 12.7 Å². The fraction of sp³-hybridized carbons (Fsp3) is 0.263. The molecule has 0 aliphatic rings. The SMILES string of the molecule is Cc1ccc(C)c(NC(=O)CN(C)C(=O)CNS(=O)(=O)c2cccc(F)c2)c1. The maximum absolute atomic E-state index is 13.2. The molecule has 0 saturated heterocycles. The molecule has 2 aromatic carbocycles. The molecule has 150 valence electrons. The third-order valence-electron chi connectivity index (χ3n) is 3.99. The van der Waals surface area contributed by atoms with Crippen molar-refractivity contribution in [3.8, 4) is 0 Å². The third kappa shape index (κ3) is 5.86. The number of rotatable bonds is 7. The highest BCUT2D eigenvalue weighted by Gasteiger charge is 2.19. The van der Waals surface area contributed by atoms with Gasteiger partial charge in [-0.05, 0) is 49.2 Å². The van der Waals surface area contributed by atoms with Gasteiger partial charge in [0.15, 0.2) is 0 Å². The molecule has 0 saturated carbocycles. The van der Waals surface area contributed by atoms with Crippen LogP contribution >= 0.6 is 0 Å². The number of halogens is 1. The van der Waals surface area contributed by atoms with Gasteiger partial charge in [-0.2, -0.15) is 0 Å². The number of sulfonamides is 1. The number of aryl methyl sites for hydroxylation is 2. The fourth-order valence-electron chi connectivity index (χ4n) is 2.37. The van der Waals surface area contributed by atoms with E-state index in [0.717, 1.165) is 28.2 Å². The molecule has 2 aromatic rings. The lowest BCUT2D eigenvalue weighted by Gasteiger charge is -2.18. The largest absolute Gasteiger partial charge is 0.335 e. The van der Waals surface area contributed by atoms with E-state index in [9.17, 15) is 22.4 Å². The van der Waals surface area contributed by atoms with E-state index >= 15 is 0 Å². The number of carbonyl (C=O) groups excluding carboxylic acids is 2. The number of hydrogen-bond acceptors (Lipinski definition) is 4. The van der Waals surface area contributed by atoms with Crippen LogP contribution in [-0.4, -0.2) is 45.3 Å². The minimum absolute atomic E-state index is 0.242. The summed E-state index contributed by atoms with van der Waals surface area (Å²) < 4.78 is 39.5. The second-order valence-corrected chi connectivity index (χ2v) is 8.17. The zero-order valence-corrected chi connectivity index (χ0v) is 16.6. The van der Waals surface area contributed by atoms with Gasteiger partial charge < -0.3 is 10.2 Å². The summed E-state index contributed by atoms with van der Waals surface area (Å²) in [6.45, 7) is 2.96. The molecule has 0 bridgehead atoms. The first-order chi connectivity index (χ1) is 13.1. The Kier molecular flexibility index (Phi) is 6.87. The van der Waals surface area contributed by atoms with E-state index < -0.39 is 34.2 Å². The van der Waals surface area contributed by atoms with E-state index in [0.29, 0.717) is 5.69 Å². The molecule has 0 aromatic heterocycles. The van der Waals surface area contributed by atoms with Crippen LogP contribution in [0.2, 0.25) is 0 Å². The molecule has 0 aliphatic carbocycles. The average molecular weight is 407 g/mol. The average Bonchev–Trinajstić information content (AvgIpc) is 2.62. The summed E-state index contributed by atoms with van der Waals surface area (Å²) in [6.07, 6.45) is 0. The van der Waals surface area contributed by atoms with Gasteiger partial charge in [0.05, 0.1) is 18.0 Å². The number of anilines is 1. The minimum Gasteiger partial charge on any atom is -0.335 e. The molecule has 0 unspecified atom stereocenters. The summed E-state index contributed by atoms with van der Waals surface area (Å²) in [6, 6.07) is 10.1. The maximum atomic E-state index is 13.2. The predicted octanol–water partition coefficient (Wildman–Crippen LogP) is 1.82. The van der Waals surface area contributed by atoms with Crippen molar-refractivity contribution >= 4 is 27.5 Å². The first-order valence-corrected chi connectivity index (χ1v) is 9.93. The van der Waals surface area contributed by atoms with Gasteiger partial charge in [0.1, 0.15) is 5.82 Å². The highest BCUT2D eigenvalue weighted by atomic mass is 32.2. The zero-order valence-electron chi connectivity index (χ0n) is 15.8. The van der Waals surface area contributed by atoms with Gasteiger partial charge >= 0.3 is 0 Å². The van der Waals surface area contributed by atoms with Crippen molar-refractivity contribution in [3.05, 3.63) is 59.4 Å². The number of hydrogen-bond donors (Lipinski definition) is 2. The van der Waals surface area contributed by atoms with E-state index in [-0.39, 0.29) is 11.4 Å². The Morgan fingerprint density at radius 2 is 1.82 bits per heavy atom. The fourth-order valence-corrected chi connectivity index (χ4v) is 3.38. The Morgan fingerprint density at radius 1 is 1.11 bits per heavy atom. The van der Waals surface area contributed by atoms with E-state index in [1.807, 2.05) is 32.0 Å². The maximum Gasteiger partial charge on any atom is 0.243 e. The molecule has 0 atom stereocenters. The third-order valence-corrected chi connectivity index (χ3v) is 5.39. The highest BCUT2D eigenvalue weighted by molar-refractivity contribution is 7.89. The van der Waals surface area contributed by atoms with Crippen molar-refractivity contribution in [1.29, 1.82) is 0 Å². The Balaban J connectivity index is 1.92. The quantitative estimate of drug-likeness (QED) is 0.732. The number of carbonyl (C=O) groups is 2. The van der Waals surface area contributed by atoms with Crippen LogP contribution in [-0.2, 0) is 19.6 Å². The Hall–Kier alpha value is -2.78. The van der Waals surface area contributed by atoms with Gasteiger partial charge in [-0.3, -0.25) is 9.59 Å². The van der Waals surface area contributed by atoms with Crippen molar-refractivity contribution in [2.24, 2.45) is 0 Å². The summed E-state index contributed by atoms with van der Waals surface area (Å²) in [4.78, 5) is 25.1. The van der Waals surface area contributed by atoms with Crippen molar-refractivity contribution in [1.82, 2.24) is 9.62 Å². The van der Waals surface area contributed by atoms with Gasteiger partial charge in [-0.15, -0.1) is 0 Å². The molecular weight excluding hydrogens is 385 g/mol. The standard InChI is InChI=1S/C19H22FN3O4S/c1-13-7-8-14(2)17(9-13)22-18(24)12-23(3)19(25)11-21-28(26,27)16-6-4-5-15(20)10-16/h4-10,21H,11-12H2,1-3H3,(H,22,24). The van der Waals surface area contributed by atoms with Crippen molar-refractivity contribution in [2.45, 2.75) is 18.7 Å². The molecule has 0 aliphatic heterocycles. The molecule has 7 nitrogen and oxygen atoms in total. The first-order valence-electron chi connectivity index (χ1n) is 8.45. The summed E-state index contributed by atoms with van der Waals surface area (Å²) >= 11 is 0. The molecule has 2 N–H and O–H groups in total. The van der Waals surface area contributed by atoms with Crippen LogP contribution in [0.4, 0.5) is 10.1 Å². The number of benzene rings is 2. The van der Waals surface area contributed by atoms with Crippen molar-refractivity contribution in [2.75, 3.05) is 25.5 Å². The zero-order chi connectivity index (χ0) is 20.9. The van der Waals surface area contributed by atoms with Gasteiger partial charge in [0.2, 0.25) is 21.8 Å². The lowest BCUT2D eigenvalue weighted by atomic mass is 10.1. The van der Waals surface area contributed by atoms with Crippen LogP contribution in [0.15, 0.2) is 47.4 Å². The molecule has 2 amide bonds. The molecule has 0 radical (unpaired) electrons. The van der Waals surface area contributed by atoms with Gasteiger partial charge in [-0.1, -0.05) is 18.2 Å². The van der Waals surface area contributed by atoms with E-state index in [1.54, 1.807) is 0 Å². The van der Waals surface area contributed by atoms with Crippen LogP contribution in [0.1, 0.15) is 11.1 Å². The number of nitrogens with one attached hydrogen (secondary N) is 2. The normalized spacial score (nSPS) is 11.1. The van der Waals surface area contributed by atoms with Crippen LogP contribution in [0.5, 0.6) is 0 Å². The topological polar surface area (TPSA) is 95.6 Å². The number of amides is 2. The molecule has 0 heterocycles. The van der Waals surface area contributed by atoms with Crippen LogP contribution < -0.4 is 10.0 Å². The lowest BCUT2D eigenvalue weighted by molar-refractivity contribution is -0.132. The Morgan fingerprint density at radius 3 is 2.50 bits per heavy atom. The summed E-state index contributed by atoms with van der Waals surface area (Å²) in [7, 11) is -2.65. The molecule has 0 fully saturated rings. The molecule has 0 spiro atoms. The predicted molar refractivity (Wildman–Crippen MR) is 104 cm³/mol. The number of likely N-dealkylation sites (N-methyl/N-ethyl adjacent to an activating group) is 1. The molecule has 9 heteroatoms. The van der Waals surface area contributed by atoms with Crippen LogP contribution in [0, 0.1) is 19.7 Å². The molecule has 28 heavy (non-hydrogen) atoms. The molecular formula is C19H22FN3O4S. The van der Waals surface area contributed by atoms with Crippen molar-refractivity contribution < 1.29 is 22.4 Å². The summed E-state index contributed by atoms with van der Waals surface area (Å²) in [5, 5.41) is 2.73. The van der Waals surface area contributed by atoms with E-state index in [4.69, 9.17) is 0 Å². The monoisotopic (exact) mass is 407 g/mol. The lowest BCUT2D eigenvalue weighted by Crippen LogP contribution is -2.41. The van der Waals surface area contributed by atoms with Crippen molar-refractivity contribution in [3.63, 3.8) is 0 Å². The summed E-state index contributed by atoms with van der Waals surface area (Å²) in [5.41, 5.74) is 2.52. The minimum atomic E-state index is -4.04. The smallest absolute Gasteiger partial charge is 0.243 e. The van der Waals surface area contributed by atoms with E-state index in [2.05, 4.69) is 10.0 Å². The second-order valence-electron chi connectivity index (χ2n) is 6.40. The van der Waals surface area contributed by atoms with Crippen LogP contribution in [0.3, 0.4) is 0 Å². The van der Waals surface area contributed by atoms with Gasteiger partial charge in [-0.25, -0.2) is 17.5 Å². The first kappa shape index (κ1) is 21.5. The summed E-state index contributed by atoms with van der Waals surface area (Å²) in [5.74, 6) is -1.71. The van der Waals surface area contributed by atoms with E-state index in [1.165, 1.54) is 19.2 Å². The molecule has 2 rings (SSSR count). The number of nitrogens with zero attached hydrogens (tertiary/aromatic N) is 1. The van der Waals surface area contributed by atoms with Gasteiger partial charge in [0.25, 0.3) is 0 Å². The van der Waals surface area contributed by atoms with Crippen LogP contribution in [0.25, 0.3) is 0 Å². The highest BCUT2D eigenvalue weighted by Crippen LogP contribution is 2.16. The second kappa shape index (κ2) is 8.94. The Labute approximate surface area is 163 Å².